The molecule has 1 aromatic carbocycles. The van der Waals surface area contributed by atoms with Gasteiger partial charge in [0.05, 0.1) is 16.7 Å². The van der Waals surface area contributed by atoms with E-state index >= 15 is 0 Å². The zero-order valence-electron chi connectivity index (χ0n) is 16.6. The van der Waals surface area contributed by atoms with Gasteiger partial charge in [-0.15, -0.1) is 0 Å². The number of hydrogen-bond acceptors (Lipinski definition) is 4. The van der Waals surface area contributed by atoms with Crippen LogP contribution in [0.5, 0.6) is 0 Å². The highest BCUT2D eigenvalue weighted by molar-refractivity contribution is 7.99. The zero-order chi connectivity index (χ0) is 19.6. The average molecular weight is 388 g/mol. The van der Waals surface area contributed by atoms with Gasteiger partial charge in [0.15, 0.2) is 5.16 Å². The van der Waals surface area contributed by atoms with E-state index in [0.717, 1.165) is 19.3 Å². The molecule has 2 heterocycles. The second-order valence-corrected chi connectivity index (χ2v) is 8.51. The van der Waals surface area contributed by atoms with Crippen LogP contribution in [0.2, 0.25) is 0 Å². The fourth-order valence-corrected chi connectivity index (χ4v) is 4.88. The summed E-state index contributed by atoms with van der Waals surface area (Å²) in [5, 5.41) is 1.27. The molecule has 1 amide bonds. The maximum Gasteiger partial charge on any atom is 0.262 e. The van der Waals surface area contributed by atoms with Gasteiger partial charge in [-0.3, -0.25) is 14.2 Å². The molecule has 1 saturated heterocycles. The molecular weight excluding hydrogens is 358 g/mol. The minimum Gasteiger partial charge on any atom is -0.337 e. The van der Waals surface area contributed by atoms with Crippen LogP contribution < -0.4 is 5.56 Å². The Bertz CT molecular complexity index is 869. The smallest absolute Gasteiger partial charge is 0.262 e. The largest absolute Gasteiger partial charge is 0.337 e. The van der Waals surface area contributed by atoms with Crippen molar-refractivity contribution >= 4 is 28.6 Å². The molecule has 3 rings (SSSR count). The predicted molar refractivity (Wildman–Crippen MR) is 111 cm³/mol. The Balaban J connectivity index is 1.89. The van der Waals surface area contributed by atoms with Gasteiger partial charge in [0.2, 0.25) is 5.91 Å². The number of piperidine rings is 1. The number of rotatable bonds is 5. The van der Waals surface area contributed by atoms with Crippen LogP contribution in [-0.2, 0) is 4.79 Å². The molecule has 0 N–H and O–H groups in total. The summed E-state index contributed by atoms with van der Waals surface area (Å²) in [4.78, 5) is 32.6. The summed E-state index contributed by atoms with van der Waals surface area (Å²) >= 11 is 1.39. The summed E-state index contributed by atoms with van der Waals surface area (Å²) in [6.07, 6.45) is 4.14. The normalized spacial score (nSPS) is 21.4. The second-order valence-electron chi connectivity index (χ2n) is 7.56. The van der Waals surface area contributed by atoms with Crippen molar-refractivity contribution in [3.8, 4) is 0 Å². The number of nitrogens with zero attached hydrogens (tertiary/aromatic N) is 3. The third kappa shape index (κ3) is 4.05. The lowest BCUT2D eigenvalue weighted by atomic mass is 9.98. The van der Waals surface area contributed by atoms with E-state index in [-0.39, 0.29) is 29.6 Å². The van der Waals surface area contributed by atoms with Crippen molar-refractivity contribution in [3.63, 3.8) is 0 Å². The number of hydrogen-bond donors (Lipinski definition) is 0. The first-order chi connectivity index (χ1) is 12.9. The molecule has 1 aliphatic heterocycles. The Hall–Kier alpha value is -1.82. The minimum absolute atomic E-state index is 0.0235. The molecule has 0 radical (unpaired) electrons. The van der Waals surface area contributed by atoms with Crippen LogP contribution in [0.25, 0.3) is 10.9 Å². The van der Waals surface area contributed by atoms with Crippen molar-refractivity contribution < 1.29 is 4.79 Å². The fourth-order valence-electron chi connectivity index (χ4n) is 3.91. The number of carbonyl (C=O) groups is 1. The Morgan fingerprint density at radius 3 is 2.59 bits per heavy atom. The van der Waals surface area contributed by atoms with Crippen LogP contribution in [0, 0.1) is 0 Å². The van der Waals surface area contributed by atoms with Gasteiger partial charge >= 0.3 is 0 Å². The fraction of sp³-hybridized carbons (Fsp3) is 0.571. The summed E-state index contributed by atoms with van der Waals surface area (Å²) in [6.45, 7) is 8.34. The maximum absolute atomic E-state index is 13.0. The minimum atomic E-state index is -0.0235. The number of benzene rings is 1. The van der Waals surface area contributed by atoms with Gasteiger partial charge in [-0.05, 0) is 58.6 Å². The number of thioether (sulfide) groups is 1. The molecule has 146 valence electrons. The van der Waals surface area contributed by atoms with Gasteiger partial charge < -0.3 is 4.90 Å². The first-order valence-corrected chi connectivity index (χ1v) is 10.9. The van der Waals surface area contributed by atoms with Gasteiger partial charge in [0, 0.05) is 18.1 Å². The summed E-state index contributed by atoms with van der Waals surface area (Å²) in [5.74, 6) is 0.452. The van der Waals surface area contributed by atoms with Crippen molar-refractivity contribution in [2.45, 2.75) is 76.7 Å². The summed E-state index contributed by atoms with van der Waals surface area (Å²) in [6, 6.07) is 8.03. The Morgan fingerprint density at radius 1 is 1.26 bits per heavy atom. The number of fused-ring (bicyclic) bond motifs is 1. The third-order valence-corrected chi connectivity index (χ3v) is 6.55. The lowest BCUT2D eigenvalue weighted by molar-refractivity contribution is -0.134. The van der Waals surface area contributed by atoms with Crippen molar-refractivity contribution in [1.29, 1.82) is 0 Å². The monoisotopic (exact) mass is 387 g/mol. The Morgan fingerprint density at radius 2 is 1.93 bits per heavy atom. The van der Waals surface area contributed by atoms with E-state index in [9.17, 15) is 9.59 Å². The van der Waals surface area contributed by atoms with Crippen LogP contribution in [0.4, 0.5) is 0 Å². The van der Waals surface area contributed by atoms with Crippen molar-refractivity contribution in [1.82, 2.24) is 14.5 Å². The SMILES string of the molecule is CC[C@@H](C)n1c(SCC(=O)N2[C@@H](C)CCC[C@@H]2C)nc2ccccc2c1=O. The average Bonchev–Trinajstić information content (AvgIpc) is 2.66. The number of likely N-dealkylation sites (tertiary alicyclic amines) is 1. The van der Waals surface area contributed by atoms with Crippen molar-refractivity contribution in [2.75, 3.05) is 5.75 Å². The van der Waals surface area contributed by atoms with Gasteiger partial charge in [-0.1, -0.05) is 30.8 Å². The van der Waals surface area contributed by atoms with Gasteiger partial charge in [0.25, 0.3) is 5.56 Å². The van der Waals surface area contributed by atoms with E-state index in [2.05, 4.69) is 20.8 Å². The van der Waals surface area contributed by atoms with Crippen LogP contribution in [0.3, 0.4) is 0 Å². The molecule has 27 heavy (non-hydrogen) atoms. The predicted octanol–water partition coefficient (Wildman–Crippen LogP) is 4.25. The van der Waals surface area contributed by atoms with Crippen LogP contribution >= 0.6 is 11.8 Å². The number of aromatic nitrogens is 2. The van der Waals surface area contributed by atoms with Gasteiger partial charge in [0.1, 0.15) is 0 Å². The molecule has 0 saturated carbocycles. The summed E-state index contributed by atoms with van der Waals surface area (Å²) in [5.41, 5.74) is 0.668. The quantitative estimate of drug-likeness (QED) is 0.568. The molecular formula is C21H29N3O2S. The summed E-state index contributed by atoms with van der Waals surface area (Å²) < 4.78 is 1.75. The molecule has 0 aliphatic carbocycles. The molecule has 0 spiro atoms. The van der Waals surface area contributed by atoms with E-state index < -0.39 is 0 Å². The number of carbonyl (C=O) groups excluding carboxylic acids is 1. The van der Waals surface area contributed by atoms with Crippen molar-refractivity contribution in [2.24, 2.45) is 0 Å². The molecule has 1 aromatic heterocycles. The first-order valence-electron chi connectivity index (χ1n) is 9.89. The van der Waals surface area contributed by atoms with E-state index in [4.69, 9.17) is 4.98 Å². The Labute approximate surface area is 165 Å². The molecule has 3 atom stereocenters. The number of amides is 1. The maximum atomic E-state index is 13.0. The number of para-hydroxylation sites is 1. The highest BCUT2D eigenvalue weighted by Crippen LogP contribution is 2.26. The lowest BCUT2D eigenvalue weighted by Gasteiger charge is -2.39. The standard InChI is InChI=1S/C21H29N3O2S/c1-5-14(2)24-20(26)17-11-6-7-12-18(17)22-21(24)27-13-19(25)23-15(3)9-8-10-16(23)4/h6-7,11-12,14-16H,5,8-10,13H2,1-4H3/t14-,15+,16+/m1/s1. The molecule has 5 nitrogen and oxygen atoms in total. The van der Waals surface area contributed by atoms with Crippen LogP contribution in [0.15, 0.2) is 34.2 Å². The molecule has 1 aliphatic rings. The summed E-state index contributed by atoms with van der Waals surface area (Å²) in [7, 11) is 0. The highest BCUT2D eigenvalue weighted by Gasteiger charge is 2.29. The third-order valence-electron chi connectivity index (χ3n) is 5.61. The highest BCUT2D eigenvalue weighted by atomic mass is 32.2. The van der Waals surface area contributed by atoms with Crippen LogP contribution in [-0.4, -0.2) is 38.2 Å². The van der Waals surface area contributed by atoms with E-state index in [1.54, 1.807) is 4.57 Å². The Kier molecular flexibility index (Phi) is 6.25. The van der Waals surface area contributed by atoms with Gasteiger partial charge in [-0.2, -0.15) is 0 Å². The van der Waals surface area contributed by atoms with Crippen molar-refractivity contribution in [3.05, 3.63) is 34.6 Å². The van der Waals surface area contributed by atoms with Gasteiger partial charge in [-0.25, -0.2) is 4.98 Å². The van der Waals surface area contributed by atoms with Crippen LogP contribution in [0.1, 0.15) is 59.4 Å². The lowest BCUT2D eigenvalue weighted by Crippen LogP contribution is -2.48. The topological polar surface area (TPSA) is 55.2 Å². The molecule has 6 heteroatoms. The second kappa shape index (κ2) is 8.46. The molecule has 0 bridgehead atoms. The molecule has 2 aromatic rings. The van der Waals surface area contributed by atoms with E-state index in [1.807, 2.05) is 36.1 Å². The molecule has 1 fully saturated rings. The zero-order valence-corrected chi connectivity index (χ0v) is 17.5. The molecule has 0 unspecified atom stereocenters. The van der Waals surface area contributed by atoms with E-state index in [1.165, 1.54) is 18.2 Å². The first kappa shape index (κ1) is 19.9. The van der Waals surface area contributed by atoms with E-state index in [0.29, 0.717) is 21.8 Å².